The van der Waals surface area contributed by atoms with Crippen LogP contribution in [0.15, 0.2) is 18.2 Å². The SMILES string of the molecule is c1cc2c(c(N3CCC(N4CCCCC4)C3)c1)CNCC2. The summed E-state index contributed by atoms with van der Waals surface area (Å²) in [6, 6.07) is 7.70. The first-order valence-electron chi connectivity index (χ1n) is 8.72. The van der Waals surface area contributed by atoms with Crippen LogP contribution >= 0.6 is 0 Å². The second kappa shape index (κ2) is 5.98. The summed E-state index contributed by atoms with van der Waals surface area (Å²) in [5.74, 6) is 0. The fourth-order valence-electron chi connectivity index (χ4n) is 4.33. The van der Waals surface area contributed by atoms with E-state index in [0.29, 0.717) is 0 Å². The summed E-state index contributed by atoms with van der Waals surface area (Å²) < 4.78 is 0. The van der Waals surface area contributed by atoms with Crippen molar-refractivity contribution in [3.63, 3.8) is 0 Å². The van der Waals surface area contributed by atoms with E-state index in [0.717, 1.165) is 19.1 Å². The second-order valence-electron chi connectivity index (χ2n) is 6.83. The first-order valence-corrected chi connectivity index (χ1v) is 8.72. The highest BCUT2D eigenvalue weighted by molar-refractivity contribution is 5.58. The molecule has 0 radical (unpaired) electrons. The summed E-state index contributed by atoms with van der Waals surface area (Å²) in [4.78, 5) is 5.39. The van der Waals surface area contributed by atoms with Gasteiger partial charge in [0.05, 0.1) is 0 Å². The highest BCUT2D eigenvalue weighted by Crippen LogP contribution is 2.30. The molecule has 1 aromatic rings. The summed E-state index contributed by atoms with van der Waals surface area (Å²) in [5, 5.41) is 3.54. The molecule has 0 spiro atoms. The molecule has 0 saturated carbocycles. The van der Waals surface area contributed by atoms with Gasteiger partial charge in [-0.2, -0.15) is 0 Å². The third-order valence-electron chi connectivity index (χ3n) is 5.53. The van der Waals surface area contributed by atoms with E-state index < -0.39 is 0 Å². The molecular weight excluding hydrogens is 258 g/mol. The summed E-state index contributed by atoms with van der Waals surface area (Å²) in [5.41, 5.74) is 4.62. The molecule has 1 N–H and O–H groups in total. The van der Waals surface area contributed by atoms with Gasteiger partial charge in [-0.25, -0.2) is 0 Å². The lowest BCUT2D eigenvalue weighted by molar-refractivity contribution is 0.175. The molecule has 1 aromatic carbocycles. The van der Waals surface area contributed by atoms with Crippen LogP contribution in [0.25, 0.3) is 0 Å². The molecule has 0 aliphatic carbocycles. The number of rotatable bonds is 2. The van der Waals surface area contributed by atoms with Gasteiger partial charge in [-0.1, -0.05) is 18.6 Å². The van der Waals surface area contributed by atoms with Crippen LogP contribution in [0.2, 0.25) is 0 Å². The number of anilines is 1. The number of benzene rings is 1. The Morgan fingerprint density at radius 1 is 1.05 bits per heavy atom. The molecule has 0 aromatic heterocycles. The zero-order valence-corrected chi connectivity index (χ0v) is 13.0. The number of nitrogens with zero attached hydrogens (tertiary/aromatic N) is 2. The molecule has 2 saturated heterocycles. The van der Waals surface area contributed by atoms with Crippen LogP contribution in [0, 0.1) is 0 Å². The summed E-state index contributed by atoms with van der Waals surface area (Å²) >= 11 is 0. The van der Waals surface area contributed by atoms with Crippen LogP contribution in [0.4, 0.5) is 5.69 Å². The number of hydrogen-bond donors (Lipinski definition) is 1. The molecule has 3 heterocycles. The first kappa shape index (κ1) is 13.6. The Hall–Kier alpha value is -1.06. The lowest BCUT2D eigenvalue weighted by atomic mass is 9.99. The fraction of sp³-hybridized carbons (Fsp3) is 0.667. The van der Waals surface area contributed by atoms with Gasteiger partial charge < -0.3 is 10.2 Å². The van der Waals surface area contributed by atoms with Crippen molar-refractivity contribution in [2.24, 2.45) is 0 Å². The molecule has 2 fully saturated rings. The monoisotopic (exact) mass is 285 g/mol. The lowest BCUT2D eigenvalue weighted by Gasteiger charge is -2.33. The molecule has 114 valence electrons. The Labute approximate surface area is 128 Å². The minimum atomic E-state index is 0.790. The third kappa shape index (κ3) is 2.69. The predicted molar refractivity (Wildman–Crippen MR) is 87.9 cm³/mol. The van der Waals surface area contributed by atoms with E-state index in [9.17, 15) is 0 Å². The third-order valence-corrected chi connectivity index (χ3v) is 5.53. The van der Waals surface area contributed by atoms with Gasteiger partial charge in [0.15, 0.2) is 0 Å². The van der Waals surface area contributed by atoms with Crippen LogP contribution in [0.5, 0.6) is 0 Å². The number of fused-ring (bicyclic) bond motifs is 1. The van der Waals surface area contributed by atoms with E-state index in [4.69, 9.17) is 0 Å². The van der Waals surface area contributed by atoms with Crippen molar-refractivity contribution >= 4 is 5.69 Å². The Bertz CT molecular complexity index is 493. The number of nitrogens with one attached hydrogen (secondary N) is 1. The molecule has 3 nitrogen and oxygen atoms in total. The molecule has 0 bridgehead atoms. The zero-order chi connectivity index (χ0) is 14.1. The van der Waals surface area contributed by atoms with E-state index in [1.54, 1.807) is 11.1 Å². The van der Waals surface area contributed by atoms with Crippen LogP contribution < -0.4 is 10.2 Å². The van der Waals surface area contributed by atoms with Crippen molar-refractivity contribution in [3.05, 3.63) is 29.3 Å². The first-order chi connectivity index (χ1) is 10.4. The zero-order valence-electron chi connectivity index (χ0n) is 13.0. The number of piperidine rings is 1. The fourth-order valence-corrected chi connectivity index (χ4v) is 4.33. The Balaban J connectivity index is 1.50. The van der Waals surface area contributed by atoms with Crippen molar-refractivity contribution in [1.82, 2.24) is 10.2 Å². The van der Waals surface area contributed by atoms with Crippen molar-refractivity contribution in [3.8, 4) is 0 Å². The Morgan fingerprint density at radius 2 is 1.95 bits per heavy atom. The number of likely N-dealkylation sites (tertiary alicyclic amines) is 1. The van der Waals surface area contributed by atoms with Gasteiger partial charge in [-0.3, -0.25) is 4.90 Å². The van der Waals surface area contributed by atoms with Gasteiger partial charge in [0.1, 0.15) is 0 Å². The van der Waals surface area contributed by atoms with E-state index >= 15 is 0 Å². The maximum atomic E-state index is 3.54. The topological polar surface area (TPSA) is 18.5 Å². The van der Waals surface area contributed by atoms with Gasteiger partial charge in [0.2, 0.25) is 0 Å². The molecule has 21 heavy (non-hydrogen) atoms. The van der Waals surface area contributed by atoms with Crippen LogP contribution in [-0.2, 0) is 13.0 Å². The molecule has 0 amide bonds. The smallest absolute Gasteiger partial charge is 0.0415 e. The normalized spacial score (nSPS) is 26.9. The molecule has 4 rings (SSSR count). The quantitative estimate of drug-likeness (QED) is 0.900. The van der Waals surface area contributed by atoms with E-state index in [1.807, 2.05) is 0 Å². The van der Waals surface area contributed by atoms with E-state index in [2.05, 4.69) is 33.3 Å². The minimum absolute atomic E-state index is 0.790. The molecule has 3 aliphatic heterocycles. The largest absolute Gasteiger partial charge is 0.370 e. The van der Waals surface area contributed by atoms with Gasteiger partial charge in [0.25, 0.3) is 0 Å². The maximum Gasteiger partial charge on any atom is 0.0415 e. The maximum absolute atomic E-state index is 3.54. The van der Waals surface area contributed by atoms with Crippen LogP contribution in [-0.4, -0.2) is 43.7 Å². The highest BCUT2D eigenvalue weighted by Gasteiger charge is 2.30. The molecule has 3 heteroatoms. The molecular formula is C18H27N3. The summed E-state index contributed by atoms with van der Waals surface area (Å²) in [7, 11) is 0. The predicted octanol–water partition coefficient (Wildman–Crippen LogP) is 2.40. The van der Waals surface area contributed by atoms with Crippen LogP contribution in [0.1, 0.15) is 36.8 Å². The van der Waals surface area contributed by atoms with Gasteiger partial charge in [0, 0.05) is 31.4 Å². The molecule has 1 atom stereocenters. The lowest BCUT2D eigenvalue weighted by Crippen LogP contribution is -2.41. The second-order valence-corrected chi connectivity index (χ2v) is 6.83. The van der Waals surface area contributed by atoms with Crippen LogP contribution in [0.3, 0.4) is 0 Å². The van der Waals surface area contributed by atoms with Gasteiger partial charge in [-0.05, 0) is 62.5 Å². The van der Waals surface area contributed by atoms with Crippen molar-refractivity contribution in [1.29, 1.82) is 0 Å². The Morgan fingerprint density at radius 3 is 2.86 bits per heavy atom. The standard InChI is InChI=1S/C18H27N3/c1-2-10-20(11-3-1)16-8-12-21(14-16)18-6-4-5-15-7-9-19-13-17(15)18/h4-6,16,19H,1-3,7-14H2. The summed E-state index contributed by atoms with van der Waals surface area (Å²) in [6.07, 6.45) is 6.77. The highest BCUT2D eigenvalue weighted by atomic mass is 15.3. The minimum Gasteiger partial charge on any atom is -0.370 e. The van der Waals surface area contributed by atoms with Gasteiger partial charge >= 0.3 is 0 Å². The van der Waals surface area contributed by atoms with E-state index in [1.165, 1.54) is 64.0 Å². The van der Waals surface area contributed by atoms with E-state index in [-0.39, 0.29) is 0 Å². The summed E-state index contributed by atoms with van der Waals surface area (Å²) in [6.45, 7) is 7.30. The van der Waals surface area contributed by atoms with Gasteiger partial charge in [-0.15, -0.1) is 0 Å². The average Bonchev–Trinajstić information content (AvgIpc) is 3.05. The number of hydrogen-bond acceptors (Lipinski definition) is 3. The Kier molecular flexibility index (Phi) is 3.87. The van der Waals surface area contributed by atoms with Crippen molar-refractivity contribution in [2.75, 3.05) is 37.6 Å². The molecule has 3 aliphatic rings. The average molecular weight is 285 g/mol. The molecule has 1 unspecified atom stereocenters. The van der Waals surface area contributed by atoms with Crippen molar-refractivity contribution < 1.29 is 0 Å². The van der Waals surface area contributed by atoms with Crippen molar-refractivity contribution in [2.45, 2.75) is 44.7 Å².